The SMILES string of the molecule is C(#CC(NCc1ccccc1)c1ccccc1)c1ccccc1. The highest BCUT2D eigenvalue weighted by Crippen LogP contribution is 2.13. The summed E-state index contributed by atoms with van der Waals surface area (Å²) in [6.07, 6.45) is 0. The maximum atomic E-state index is 3.55. The Kier molecular flexibility index (Phi) is 5.24. The molecular formula is C22H19N. The van der Waals surface area contributed by atoms with Crippen LogP contribution < -0.4 is 5.32 Å². The van der Waals surface area contributed by atoms with E-state index in [1.165, 1.54) is 11.1 Å². The summed E-state index contributed by atoms with van der Waals surface area (Å²) in [5.74, 6) is 6.63. The van der Waals surface area contributed by atoms with Crippen molar-refractivity contribution in [2.45, 2.75) is 12.6 Å². The van der Waals surface area contributed by atoms with Crippen molar-refractivity contribution >= 4 is 0 Å². The second-order valence-corrected chi connectivity index (χ2v) is 5.35. The Labute approximate surface area is 138 Å². The molecular weight excluding hydrogens is 278 g/mol. The summed E-state index contributed by atoms with van der Waals surface area (Å²) >= 11 is 0. The van der Waals surface area contributed by atoms with Gasteiger partial charge < -0.3 is 0 Å². The van der Waals surface area contributed by atoms with Crippen molar-refractivity contribution in [1.82, 2.24) is 5.32 Å². The minimum absolute atomic E-state index is 0.0108. The normalized spacial score (nSPS) is 11.3. The van der Waals surface area contributed by atoms with Crippen LogP contribution in [-0.4, -0.2) is 0 Å². The van der Waals surface area contributed by atoms with Crippen LogP contribution in [0.15, 0.2) is 91.0 Å². The maximum Gasteiger partial charge on any atom is 0.0952 e. The summed E-state index contributed by atoms with van der Waals surface area (Å²) in [4.78, 5) is 0. The number of hydrogen-bond donors (Lipinski definition) is 1. The monoisotopic (exact) mass is 297 g/mol. The molecule has 0 spiro atoms. The molecule has 3 rings (SSSR count). The molecule has 23 heavy (non-hydrogen) atoms. The largest absolute Gasteiger partial charge is 0.296 e. The van der Waals surface area contributed by atoms with Gasteiger partial charge in [-0.3, -0.25) is 5.32 Å². The molecule has 0 radical (unpaired) electrons. The lowest BCUT2D eigenvalue weighted by molar-refractivity contribution is 0.636. The fraction of sp³-hybridized carbons (Fsp3) is 0.0909. The zero-order valence-electron chi connectivity index (χ0n) is 12.9. The van der Waals surface area contributed by atoms with Crippen molar-refractivity contribution in [1.29, 1.82) is 0 Å². The fourth-order valence-electron chi connectivity index (χ4n) is 2.39. The fourth-order valence-corrected chi connectivity index (χ4v) is 2.39. The molecule has 0 aromatic heterocycles. The Morgan fingerprint density at radius 1 is 0.696 bits per heavy atom. The second-order valence-electron chi connectivity index (χ2n) is 5.35. The van der Waals surface area contributed by atoms with Gasteiger partial charge >= 0.3 is 0 Å². The Bertz CT molecular complexity index is 768. The van der Waals surface area contributed by atoms with E-state index in [4.69, 9.17) is 0 Å². The molecule has 0 heterocycles. The number of hydrogen-bond acceptors (Lipinski definition) is 1. The second kappa shape index (κ2) is 7.98. The zero-order chi connectivity index (χ0) is 15.7. The summed E-state index contributed by atoms with van der Waals surface area (Å²) in [7, 11) is 0. The smallest absolute Gasteiger partial charge is 0.0952 e. The molecule has 1 N–H and O–H groups in total. The lowest BCUT2D eigenvalue weighted by Gasteiger charge is -2.13. The first-order valence-corrected chi connectivity index (χ1v) is 7.81. The van der Waals surface area contributed by atoms with Crippen molar-refractivity contribution in [3.8, 4) is 11.8 Å². The quantitative estimate of drug-likeness (QED) is 0.696. The van der Waals surface area contributed by atoms with Gasteiger partial charge in [-0.2, -0.15) is 0 Å². The Morgan fingerprint density at radius 2 is 1.26 bits per heavy atom. The molecule has 0 aliphatic carbocycles. The van der Waals surface area contributed by atoms with Gasteiger partial charge in [0.05, 0.1) is 6.04 Å². The first kappa shape index (κ1) is 15.1. The van der Waals surface area contributed by atoms with Gasteiger partial charge in [-0.05, 0) is 23.3 Å². The molecule has 1 atom stereocenters. The molecule has 3 aromatic rings. The van der Waals surface area contributed by atoms with E-state index in [9.17, 15) is 0 Å². The van der Waals surface area contributed by atoms with Crippen molar-refractivity contribution in [3.63, 3.8) is 0 Å². The molecule has 3 aromatic carbocycles. The van der Waals surface area contributed by atoms with Gasteiger partial charge in [-0.25, -0.2) is 0 Å². The summed E-state index contributed by atoms with van der Waals surface area (Å²) in [6.45, 7) is 0.796. The molecule has 0 saturated heterocycles. The third kappa shape index (κ3) is 4.57. The van der Waals surface area contributed by atoms with Crippen LogP contribution >= 0.6 is 0 Å². The van der Waals surface area contributed by atoms with Gasteiger partial charge in [0.2, 0.25) is 0 Å². The minimum Gasteiger partial charge on any atom is -0.296 e. The van der Waals surface area contributed by atoms with Crippen molar-refractivity contribution < 1.29 is 0 Å². The summed E-state index contributed by atoms with van der Waals surface area (Å²) in [5, 5.41) is 3.55. The van der Waals surface area contributed by atoms with E-state index in [-0.39, 0.29) is 6.04 Å². The van der Waals surface area contributed by atoms with Crippen LogP contribution in [0.2, 0.25) is 0 Å². The predicted octanol–water partition coefficient (Wildman–Crippen LogP) is 4.57. The van der Waals surface area contributed by atoms with Crippen LogP contribution in [0.1, 0.15) is 22.7 Å². The summed E-state index contributed by atoms with van der Waals surface area (Å²) in [6, 6.07) is 30.9. The number of nitrogens with one attached hydrogen (secondary N) is 1. The minimum atomic E-state index is 0.0108. The van der Waals surface area contributed by atoms with Crippen LogP contribution in [0, 0.1) is 11.8 Å². The van der Waals surface area contributed by atoms with Gasteiger partial charge in [0, 0.05) is 12.1 Å². The zero-order valence-corrected chi connectivity index (χ0v) is 12.9. The van der Waals surface area contributed by atoms with E-state index >= 15 is 0 Å². The van der Waals surface area contributed by atoms with E-state index in [2.05, 4.69) is 65.7 Å². The first-order chi connectivity index (χ1) is 11.4. The number of rotatable bonds is 4. The lowest BCUT2D eigenvalue weighted by atomic mass is 10.1. The highest BCUT2D eigenvalue weighted by molar-refractivity contribution is 5.37. The Balaban J connectivity index is 1.79. The van der Waals surface area contributed by atoms with E-state index in [1.54, 1.807) is 0 Å². The molecule has 0 amide bonds. The van der Waals surface area contributed by atoms with Crippen LogP contribution in [-0.2, 0) is 6.54 Å². The lowest BCUT2D eigenvalue weighted by Crippen LogP contribution is -2.19. The molecule has 0 fully saturated rings. The van der Waals surface area contributed by atoms with Gasteiger partial charge in [0.15, 0.2) is 0 Å². The first-order valence-electron chi connectivity index (χ1n) is 7.81. The van der Waals surface area contributed by atoms with E-state index < -0.39 is 0 Å². The molecule has 1 unspecified atom stereocenters. The van der Waals surface area contributed by atoms with Crippen molar-refractivity contribution in [2.24, 2.45) is 0 Å². The molecule has 0 aliphatic heterocycles. The Hall–Kier alpha value is -2.82. The third-order valence-corrected chi connectivity index (χ3v) is 3.62. The molecule has 1 nitrogen and oxygen atoms in total. The molecule has 1 heteroatoms. The van der Waals surface area contributed by atoms with Crippen molar-refractivity contribution in [2.75, 3.05) is 0 Å². The van der Waals surface area contributed by atoms with E-state index in [1.807, 2.05) is 42.5 Å². The predicted molar refractivity (Wildman–Crippen MR) is 95.8 cm³/mol. The number of benzene rings is 3. The van der Waals surface area contributed by atoms with E-state index in [0.29, 0.717) is 0 Å². The van der Waals surface area contributed by atoms with Crippen LogP contribution in [0.3, 0.4) is 0 Å². The highest BCUT2D eigenvalue weighted by atomic mass is 14.9. The van der Waals surface area contributed by atoms with Gasteiger partial charge in [-0.1, -0.05) is 90.7 Å². The molecule has 0 saturated carbocycles. The Morgan fingerprint density at radius 3 is 1.91 bits per heavy atom. The van der Waals surface area contributed by atoms with Gasteiger partial charge in [0.25, 0.3) is 0 Å². The van der Waals surface area contributed by atoms with Crippen LogP contribution in [0.4, 0.5) is 0 Å². The average Bonchev–Trinajstić information content (AvgIpc) is 2.64. The molecule has 0 aliphatic rings. The maximum absolute atomic E-state index is 3.55. The van der Waals surface area contributed by atoms with Gasteiger partial charge in [-0.15, -0.1) is 0 Å². The van der Waals surface area contributed by atoms with Crippen molar-refractivity contribution in [3.05, 3.63) is 108 Å². The molecule has 112 valence electrons. The van der Waals surface area contributed by atoms with Crippen LogP contribution in [0.5, 0.6) is 0 Å². The third-order valence-electron chi connectivity index (χ3n) is 3.62. The van der Waals surface area contributed by atoms with Crippen LogP contribution in [0.25, 0.3) is 0 Å². The molecule has 0 bridgehead atoms. The van der Waals surface area contributed by atoms with E-state index in [0.717, 1.165) is 12.1 Å². The average molecular weight is 297 g/mol. The topological polar surface area (TPSA) is 12.0 Å². The standard InChI is InChI=1S/C22H19N/c1-4-10-19(11-5-1)16-17-22(21-14-8-3-9-15-21)23-18-20-12-6-2-7-13-20/h1-15,22-23H,18H2. The highest BCUT2D eigenvalue weighted by Gasteiger charge is 2.07. The van der Waals surface area contributed by atoms with Gasteiger partial charge in [0.1, 0.15) is 0 Å². The summed E-state index contributed by atoms with van der Waals surface area (Å²) in [5.41, 5.74) is 3.48. The summed E-state index contributed by atoms with van der Waals surface area (Å²) < 4.78 is 0.